The van der Waals surface area contributed by atoms with Crippen molar-refractivity contribution in [1.82, 2.24) is 9.97 Å². The molecule has 0 atom stereocenters. The van der Waals surface area contributed by atoms with Gasteiger partial charge in [-0.1, -0.05) is 19.3 Å². The second-order valence-corrected chi connectivity index (χ2v) is 5.36. The monoisotopic (exact) mass is 242 g/mol. The Kier molecular flexibility index (Phi) is 2.22. The van der Waals surface area contributed by atoms with Crippen molar-refractivity contribution in [2.45, 2.75) is 38.1 Å². The first-order chi connectivity index (χ1) is 8.93. The molecule has 0 bridgehead atoms. The molecule has 3 heterocycles. The number of H-pyrrole nitrogens is 1. The zero-order valence-electron chi connectivity index (χ0n) is 10.4. The smallest absolute Gasteiger partial charge is 0.139 e. The fourth-order valence-electron chi connectivity index (χ4n) is 3.39. The molecule has 1 aliphatic carbocycles. The number of nitrogens with zero attached hydrogens (tertiary/aromatic N) is 2. The Hall–Kier alpha value is -1.71. The van der Waals surface area contributed by atoms with Gasteiger partial charge in [0.1, 0.15) is 5.65 Å². The Labute approximate surface area is 106 Å². The fourth-order valence-corrected chi connectivity index (χ4v) is 3.39. The maximum Gasteiger partial charge on any atom is 0.139 e. The molecule has 0 spiro atoms. The average Bonchev–Trinajstić information content (AvgIpc) is 3.05. The first-order valence-corrected chi connectivity index (χ1v) is 6.90. The van der Waals surface area contributed by atoms with Gasteiger partial charge in [0.15, 0.2) is 0 Å². The van der Waals surface area contributed by atoms with Crippen LogP contribution in [0, 0.1) is 0 Å². The highest BCUT2D eigenvalue weighted by Gasteiger charge is 2.29. The maximum atomic E-state index is 4.45. The summed E-state index contributed by atoms with van der Waals surface area (Å²) in [6.07, 6.45) is 10.7. The fraction of sp³-hybridized carbons (Fsp3) is 0.500. The van der Waals surface area contributed by atoms with E-state index in [2.05, 4.69) is 26.3 Å². The first kappa shape index (κ1) is 10.2. The third kappa shape index (κ3) is 1.41. The second kappa shape index (κ2) is 3.90. The van der Waals surface area contributed by atoms with E-state index in [1.54, 1.807) is 0 Å². The Balaban J connectivity index is 1.79. The zero-order chi connectivity index (χ0) is 11.9. The van der Waals surface area contributed by atoms with Crippen LogP contribution in [0.1, 0.15) is 32.1 Å². The van der Waals surface area contributed by atoms with Crippen LogP contribution in [-0.2, 0) is 0 Å². The summed E-state index contributed by atoms with van der Waals surface area (Å²) in [4.78, 5) is 10.2. The Morgan fingerprint density at radius 1 is 1.22 bits per heavy atom. The lowest BCUT2D eigenvalue weighted by Crippen LogP contribution is -2.36. The quantitative estimate of drug-likeness (QED) is 0.807. The summed E-state index contributed by atoms with van der Waals surface area (Å²) in [5, 5.41) is 4.73. The summed E-state index contributed by atoms with van der Waals surface area (Å²) in [7, 11) is 0. The Morgan fingerprint density at radius 2 is 2.11 bits per heavy atom. The van der Waals surface area contributed by atoms with Gasteiger partial charge in [0.05, 0.1) is 24.2 Å². The molecule has 2 aliphatic rings. The predicted octanol–water partition coefficient (Wildman–Crippen LogP) is 3.09. The van der Waals surface area contributed by atoms with Gasteiger partial charge in [0.25, 0.3) is 0 Å². The van der Waals surface area contributed by atoms with Crippen molar-refractivity contribution in [2.75, 3.05) is 16.9 Å². The van der Waals surface area contributed by atoms with Gasteiger partial charge in [-0.05, 0) is 18.9 Å². The maximum absolute atomic E-state index is 4.45. The van der Waals surface area contributed by atoms with E-state index >= 15 is 0 Å². The van der Waals surface area contributed by atoms with E-state index < -0.39 is 0 Å². The number of rotatable bonds is 1. The summed E-state index contributed by atoms with van der Waals surface area (Å²) in [5.74, 6) is 0. The summed E-state index contributed by atoms with van der Waals surface area (Å²) in [6.45, 7) is 0.936. The highest BCUT2D eigenvalue weighted by atomic mass is 15.3. The molecular formula is C14H18N4. The van der Waals surface area contributed by atoms with E-state index in [0.717, 1.165) is 12.3 Å². The van der Waals surface area contributed by atoms with Crippen LogP contribution < -0.4 is 10.2 Å². The lowest BCUT2D eigenvalue weighted by Gasteiger charge is -2.32. The predicted molar refractivity (Wildman–Crippen MR) is 73.9 cm³/mol. The minimum atomic E-state index is 0.702. The van der Waals surface area contributed by atoms with Crippen molar-refractivity contribution in [1.29, 1.82) is 0 Å². The molecule has 4 rings (SSSR count). The lowest BCUT2D eigenvalue weighted by atomic mass is 9.94. The third-order valence-electron chi connectivity index (χ3n) is 4.30. The van der Waals surface area contributed by atoms with E-state index in [0.29, 0.717) is 6.04 Å². The van der Waals surface area contributed by atoms with Crippen molar-refractivity contribution in [3.05, 3.63) is 18.5 Å². The number of aromatic nitrogens is 2. The van der Waals surface area contributed by atoms with E-state index in [1.165, 1.54) is 48.9 Å². The molecule has 18 heavy (non-hydrogen) atoms. The van der Waals surface area contributed by atoms with Gasteiger partial charge < -0.3 is 15.2 Å². The minimum absolute atomic E-state index is 0.702. The molecule has 0 saturated heterocycles. The standard InChI is InChI=1S/C14H18N4/c1-2-4-10(5-3-1)18-9-17-12-8-16-14-11(13(12)18)6-7-15-14/h6-8,10,17H,1-5,9H2,(H,15,16). The molecule has 0 aromatic carbocycles. The van der Waals surface area contributed by atoms with Crippen LogP contribution in [0.15, 0.2) is 18.5 Å². The van der Waals surface area contributed by atoms with Crippen molar-refractivity contribution in [2.24, 2.45) is 0 Å². The molecule has 1 aliphatic heterocycles. The normalized spacial score (nSPS) is 20.1. The van der Waals surface area contributed by atoms with Crippen LogP contribution in [0.5, 0.6) is 0 Å². The van der Waals surface area contributed by atoms with Gasteiger partial charge in [0, 0.05) is 17.6 Å². The lowest BCUT2D eigenvalue weighted by molar-refractivity contribution is 0.423. The number of aromatic amines is 1. The first-order valence-electron chi connectivity index (χ1n) is 6.90. The molecule has 2 aromatic heterocycles. The summed E-state index contributed by atoms with van der Waals surface area (Å²) >= 11 is 0. The van der Waals surface area contributed by atoms with Crippen molar-refractivity contribution < 1.29 is 0 Å². The van der Waals surface area contributed by atoms with Gasteiger partial charge in [-0.3, -0.25) is 0 Å². The minimum Gasteiger partial charge on any atom is -0.365 e. The molecule has 4 heteroatoms. The molecular weight excluding hydrogens is 224 g/mol. The highest BCUT2D eigenvalue weighted by Crippen LogP contribution is 2.40. The van der Waals surface area contributed by atoms with Crippen LogP contribution in [0.2, 0.25) is 0 Å². The molecule has 1 fully saturated rings. The van der Waals surface area contributed by atoms with Crippen LogP contribution in [0.25, 0.3) is 11.0 Å². The van der Waals surface area contributed by atoms with Gasteiger partial charge in [-0.2, -0.15) is 0 Å². The molecule has 2 N–H and O–H groups in total. The molecule has 94 valence electrons. The molecule has 4 nitrogen and oxygen atoms in total. The summed E-state index contributed by atoms with van der Waals surface area (Å²) in [6, 6.07) is 2.84. The van der Waals surface area contributed by atoms with Crippen molar-refractivity contribution in [3.8, 4) is 0 Å². The second-order valence-electron chi connectivity index (χ2n) is 5.36. The summed E-state index contributed by atoms with van der Waals surface area (Å²) in [5.41, 5.74) is 3.54. The largest absolute Gasteiger partial charge is 0.365 e. The molecule has 0 unspecified atom stereocenters. The molecule has 0 amide bonds. The number of fused-ring (bicyclic) bond motifs is 3. The number of pyridine rings is 1. The van der Waals surface area contributed by atoms with E-state index in [4.69, 9.17) is 0 Å². The van der Waals surface area contributed by atoms with Gasteiger partial charge >= 0.3 is 0 Å². The average molecular weight is 242 g/mol. The number of hydrogen-bond donors (Lipinski definition) is 2. The van der Waals surface area contributed by atoms with Crippen LogP contribution >= 0.6 is 0 Å². The summed E-state index contributed by atoms with van der Waals surface area (Å²) < 4.78 is 0. The van der Waals surface area contributed by atoms with Crippen molar-refractivity contribution >= 4 is 22.4 Å². The number of anilines is 2. The van der Waals surface area contributed by atoms with Gasteiger partial charge in [0.2, 0.25) is 0 Å². The van der Waals surface area contributed by atoms with Crippen LogP contribution in [0.3, 0.4) is 0 Å². The highest BCUT2D eigenvalue weighted by molar-refractivity contribution is 5.98. The number of nitrogens with one attached hydrogen (secondary N) is 2. The topological polar surface area (TPSA) is 44.0 Å². The van der Waals surface area contributed by atoms with E-state index in [1.807, 2.05) is 12.4 Å². The Bertz CT molecular complexity index is 568. The zero-order valence-corrected chi connectivity index (χ0v) is 10.4. The molecule has 0 radical (unpaired) electrons. The van der Waals surface area contributed by atoms with Gasteiger partial charge in [-0.15, -0.1) is 0 Å². The van der Waals surface area contributed by atoms with Gasteiger partial charge in [-0.25, -0.2) is 4.98 Å². The Morgan fingerprint density at radius 3 is 3.00 bits per heavy atom. The SMILES string of the molecule is c1cc2c3c(cnc2[nH]1)NCN3C1CCCCC1. The van der Waals surface area contributed by atoms with E-state index in [9.17, 15) is 0 Å². The number of hydrogen-bond acceptors (Lipinski definition) is 3. The van der Waals surface area contributed by atoms with E-state index in [-0.39, 0.29) is 0 Å². The molecule has 2 aromatic rings. The van der Waals surface area contributed by atoms with Crippen molar-refractivity contribution in [3.63, 3.8) is 0 Å². The molecule has 1 saturated carbocycles. The van der Waals surface area contributed by atoms with Crippen LogP contribution in [-0.4, -0.2) is 22.7 Å². The van der Waals surface area contributed by atoms with Crippen LogP contribution in [0.4, 0.5) is 11.4 Å². The third-order valence-corrected chi connectivity index (χ3v) is 4.30.